The van der Waals surface area contributed by atoms with Gasteiger partial charge in [0.15, 0.2) is 0 Å². The van der Waals surface area contributed by atoms with Gasteiger partial charge in [0.1, 0.15) is 17.3 Å². The summed E-state index contributed by atoms with van der Waals surface area (Å²) < 4.78 is 5.81. The highest BCUT2D eigenvalue weighted by Crippen LogP contribution is 2.28. The van der Waals surface area contributed by atoms with Crippen LogP contribution in [0.25, 0.3) is 0 Å². The fraction of sp³-hybridized carbons (Fsp3) is 0.133. The summed E-state index contributed by atoms with van der Waals surface area (Å²) in [5.74, 6) is 1.53. The van der Waals surface area contributed by atoms with Gasteiger partial charge in [-0.15, -0.1) is 0 Å². The van der Waals surface area contributed by atoms with E-state index in [-0.39, 0.29) is 5.84 Å². The number of ether oxygens (including phenoxy) is 1. The molecule has 0 radical (unpaired) electrons. The van der Waals surface area contributed by atoms with Gasteiger partial charge in [-0.25, -0.2) is 0 Å². The molecular weight excluding hydrogens is 260 g/mol. The van der Waals surface area contributed by atoms with Crippen molar-refractivity contribution < 1.29 is 4.74 Å². The molecule has 19 heavy (non-hydrogen) atoms. The van der Waals surface area contributed by atoms with Gasteiger partial charge in [-0.3, -0.25) is 5.41 Å². The molecule has 2 aromatic carbocycles. The van der Waals surface area contributed by atoms with Crippen LogP contribution in [0.5, 0.6) is 11.5 Å². The van der Waals surface area contributed by atoms with Gasteiger partial charge in [0.25, 0.3) is 0 Å². The maximum absolute atomic E-state index is 7.40. The zero-order valence-electron chi connectivity index (χ0n) is 10.8. The molecule has 0 unspecified atom stereocenters. The van der Waals surface area contributed by atoms with E-state index in [1.54, 1.807) is 6.07 Å². The molecule has 0 saturated heterocycles. The van der Waals surface area contributed by atoms with Gasteiger partial charge < -0.3 is 10.5 Å². The molecule has 0 atom stereocenters. The number of benzene rings is 2. The first-order valence-electron chi connectivity index (χ1n) is 5.86. The summed E-state index contributed by atoms with van der Waals surface area (Å²) in [6, 6.07) is 10.9. The van der Waals surface area contributed by atoms with Crippen molar-refractivity contribution in [1.29, 1.82) is 5.41 Å². The second kappa shape index (κ2) is 5.33. The minimum Gasteiger partial charge on any atom is -0.457 e. The number of nitrogen functional groups attached to an aromatic ring is 1. The summed E-state index contributed by atoms with van der Waals surface area (Å²) in [5.41, 5.74) is 8.04. The Hall–Kier alpha value is -2.00. The van der Waals surface area contributed by atoms with Gasteiger partial charge >= 0.3 is 0 Å². The Bertz CT molecular complexity index is 638. The van der Waals surface area contributed by atoms with Crippen LogP contribution in [0.2, 0.25) is 5.02 Å². The highest BCUT2D eigenvalue weighted by molar-refractivity contribution is 6.31. The molecule has 3 N–H and O–H groups in total. The normalized spacial score (nSPS) is 10.3. The lowest BCUT2D eigenvalue weighted by molar-refractivity contribution is 0.478. The van der Waals surface area contributed by atoms with Crippen LogP contribution in [0.3, 0.4) is 0 Å². The van der Waals surface area contributed by atoms with E-state index in [4.69, 9.17) is 27.5 Å². The van der Waals surface area contributed by atoms with Crippen LogP contribution in [-0.4, -0.2) is 5.84 Å². The van der Waals surface area contributed by atoms with Crippen molar-refractivity contribution in [3.8, 4) is 11.5 Å². The molecular formula is C15H15ClN2O. The zero-order chi connectivity index (χ0) is 14.0. The van der Waals surface area contributed by atoms with Crippen molar-refractivity contribution in [1.82, 2.24) is 0 Å². The molecule has 0 aliphatic carbocycles. The molecule has 0 saturated carbocycles. The average Bonchev–Trinajstić information content (AvgIpc) is 2.36. The molecule has 2 aromatic rings. The maximum atomic E-state index is 7.40. The molecule has 0 fully saturated rings. The SMILES string of the molecule is Cc1cc(Oc2ccc(C(=N)N)cc2C)ccc1Cl. The average molecular weight is 275 g/mol. The minimum absolute atomic E-state index is 0.0528. The number of nitrogens with two attached hydrogens (primary N) is 1. The summed E-state index contributed by atoms with van der Waals surface area (Å²) >= 11 is 5.98. The van der Waals surface area contributed by atoms with Crippen molar-refractivity contribution in [2.45, 2.75) is 13.8 Å². The van der Waals surface area contributed by atoms with Crippen LogP contribution in [0.15, 0.2) is 36.4 Å². The van der Waals surface area contributed by atoms with E-state index < -0.39 is 0 Å². The van der Waals surface area contributed by atoms with Gasteiger partial charge in [-0.05, 0) is 61.4 Å². The van der Waals surface area contributed by atoms with Gasteiger partial charge in [0.2, 0.25) is 0 Å². The number of nitrogens with one attached hydrogen (secondary N) is 1. The Balaban J connectivity index is 2.28. The molecule has 0 aromatic heterocycles. The maximum Gasteiger partial charge on any atom is 0.130 e. The predicted octanol–water partition coefficient (Wildman–Crippen LogP) is 4.03. The second-order valence-corrected chi connectivity index (χ2v) is 4.81. The Labute approximate surface area is 117 Å². The van der Waals surface area contributed by atoms with Crippen molar-refractivity contribution in [3.63, 3.8) is 0 Å². The van der Waals surface area contributed by atoms with Crippen LogP contribution >= 0.6 is 11.6 Å². The summed E-state index contributed by atoms with van der Waals surface area (Å²) in [5, 5.41) is 8.12. The number of hydrogen-bond donors (Lipinski definition) is 2. The number of aryl methyl sites for hydroxylation is 2. The van der Waals surface area contributed by atoms with E-state index in [1.807, 2.05) is 44.2 Å². The predicted molar refractivity (Wildman–Crippen MR) is 78.5 cm³/mol. The molecule has 0 aliphatic rings. The third-order valence-electron chi connectivity index (χ3n) is 2.84. The van der Waals surface area contributed by atoms with E-state index in [1.165, 1.54) is 0 Å². The highest BCUT2D eigenvalue weighted by Gasteiger charge is 2.05. The smallest absolute Gasteiger partial charge is 0.130 e. The number of amidine groups is 1. The fourth-order valence-electron chi connectivity index (χ4n) is 1.74. The monoisotopic (exact) mass is 274 g/mol. The first-order chi connectivity index (χ1) is 8.97. The van der Waals surface area contributed by atoms with Crippen LogP contribution in [0.4, 0.5) is 0 Å². The molecule has 0 aliphatic heterocycles. The summed E-state index contributed by atoms with van der Waals surface area (Å²) in [6.07, 6.45) is 0. The quantitative estimate of drug-likeness (QED) is 0.656. The highest BCUT2D eigenvalue weighted by atomic mass is 35.5. The lowest BCUT2D eigenvalue weighted by atomic mass is 10.1. The van der Waals surface area contributed by atoms with E-state index >= 15 is 0 Å². The van der Waals surface area contributed by atoms with Crippen molar-refractivity contribution in [2.75, 3.05) is 0 Å². The van der Waals surface area contributed by atoms with Gasteiger partial charge in [-0.1, -0.05) is 11.6 Å². The van der Waals surface area contributed by atoms with Gasteiger partial charge in [-0.2, -0.15) is 0 Å². The van der Waals surface area contributed by atoms with E-state index in [0.717, 1.165) is 27.6 Å². The van der Waals surface area contributed by atoms with Gasteiger partial charge in [0, 0.05) is 10.6 Å². The second-order valence-electron chi connectivity index (χ2n) is 4.41. The standard InChI is InChI=1S/C15H15ClN2O/c1-9-8-12(4-5-13(9)16)19-14-6-3-11(15(17)18)7-10(14)2/h3-8H,1-2H3,(H3,17,18). The van der Waals surface area contributed by atoms with E-state index in [0.29, 0.717) is 5.56 Å². The van der Waals surface area contributed by atoms with Crippen LogP contribution in [0, 0.1) is 19.3 Å². The Morgan fingerprint density at radius 2 is 1.84 bits per heavy atom. The molecule has 0 heterocycles. The molecule has 0 amide bonds. The zero-order valence-corrected chi connectivity index (χ0v) is 11.6. The molecule has 4 heteroatoms. The molecule has 98 valence electrons. The van der Waals surface area contributed by atoms with Gasteiger partial charge in [0.05, 0.1) is 0 Å². The number of hydrogen-bond acceptors (Lipinski definition) is 2. The molecule has 3 nitrogen and oxygen atoms in total. The van der Waals surface area contributed by atoms with Crippen molar-refractivity contribution >= 4 is 17.4 Å². The van der Waals surface area contributed by atoms with Crippen LogP contribution in [-0.2, 0) is 0 Å². The van der Waals surface area contributed by atoms with Crippen LogP contribution < -0.4 is 10.5 Å². The van der Waals surface area contributed by atoms with Crippen molar-refractivity contribution in [2.24, 2.45) is 5.73 Å². The lowest BCUT2D eigenvalue weighted by Crippen LogP contribution is -2.11. The number of halogens is 1. The Kier molecular flexibility index (Phi) is 3.76. The number of rotatable bonds is 3. The Morgan fingerprint density at radius 3 is 2.42 bits per heavy atom. The Morgan fingerprint density at radius 1 is 1.11 bits per heavy atom. The first-order valence-corrected chi connectivity index (χ1v) is 6.24. The fourth-order valence-corrected chi connectivity index (χ4v) is 1.86. The molecule has 0 bridgehead atoms. The largest absolute Gasteiger partial charge is 0.457 e. The third-order valence-corrected chi connectivity index (χ3v) is 3.27. The van der Waals surface area contributed by atoms with Crippen molar-refractivity contribution in [3.05, 3.63) is 58.1 Å². The third kappa shape index (κ3) is 3.06. The lowest BCUT2D eigenvalue weighted by Gasteiger charge is -2.11. The first kappa shape index (κ1) is 13.4. The topological polar surface area (TPSA) is 59.1 Å². The molecule has 2 rings (SSSR count). The summed E-state index contributed by atoms with van der Waals surface area (Å²) in [6.45, 7) is 3.85. The summed E-state index contributed by atoms with van der Waals surface area (Å²) in [7, 11) is 0. The molecule has 0 spiro atoms. The van der Waals surface area contributed by atoms with E-state index in [9.17, 15) is 0 Å². The minimum atomic E-state index is 0.0528. The summed E-state index contributed by atoms with van der Waals surface area (Å²) in [4.78, 5) is 0. The van der Waals surface area contributed by atoms with E-state index in [2.05, 4.69) is 0 Å². The van der Waals surface area contributed by atoms with Crippen LogP contribution in [0.1, 0.15) is 16.7 Å².